The van der Waals surface area contributed by atoms with Gasteiger partial charge in [-0.15, -0.1) is 0 Å². The van der Waals surface area contributed by atoms with E-state index in [9.17, 15) is 9.59 Å². The molecule has 0 aromatic carbocycles. The first-order valence-electron chi connectivity index (χ1n) is 5.78. The third-order valence-electron chi connectivity index (χ3n) is 3.21. The van der Waals surface area contributed by atoms with Gasteiger partial charge in [-0.25, -0.2) is 9.59 Å². The second-order valence-electron chi connectivity index (χ2n) is 5.31. The van der Waals surface area contributed by atoms with Crippen molar-refractivity contribution < 1.29 is 19.1 Å². The lowest BCUT2D eigenvalue weighted by atomic mass is 9.91. The zero-order chi connectivity index (χ0) is 13.5. The van der Waals surface area contributed by atoms with Crippen LogP contribution in [0.15, 0.2) is 6.07 Å². The molecule has 0 saturated heterocycles. The second kappa shape index (κ2) is 4.15. The Morgan fingerprint density at radius 2 is 1.83 bits per heavy atom. The molecule has 0 saturated carbocycles. The van der Waals surface area contributed by atoms with Crippen molar-refractivity contribution in [1.29, 1.82) is 0 Å². The molecule has 0 unspecified atom stereocenters. The maximum atomic E-state index is 11.8. The molecule has 1 aliphatic rings. The first-order valence-corrected chi connectivity index (χ1v) is 5.78. The summed E-state index contributed by atoms with van der Waals surface area (Å²) in [5, 5.41) is 0. The van der Waals surface area contributed by atoms with Crippen molar-refractivity contribution in [3.8, 4) is 0 Å². The van der Waals surface area contributed by atoms with Gasteiger partial charge < -0.3 is 14.0 Å². The Labute approximate surface area is 106 Å². The molecular formula is C13H17NO4. The monoisotopic (exact) mass is 251 g/mol. The van der Waals surface area contributed by atoms with E-state index in [0.717, 1.165) is 12.1 Å². The minimum Gasteiger partial charge on any atom is -0.465 e. The van der Waals surface area contributed by atoms with Crippen LogP contribution in [-0.2, 0) is 22.4 Å². The number of carbonyl (C=O) groups is 2. The minimum atomic E-state index is -0.505. The Morgan fingerprint density at radius 1 is 1.22 bits per heavy atom. The molecule has 0 bridgehead atoms. The molecule has 98 valence electrons. The number of rotatable bonds is 2. The molecule has 2 rings (SSSR count). The van der Waals surface area contributed by atoms with Crippen LogP contribution >= 0.6 is 0 Å². The van der Waals surface area contributed by atoms with Gasteiger partial charge in [0.15, 0.2) is 0 Å². The van der Waals surface area contributed by atoms with Gasteiger partial charge in [-0.1, -0.05) is 13.8 Å². The summed E-state index contributed by atoms with van der Waals surface area (Å²) in [6, 6.07) is 1.73. The third kappa shape index (κ3) is 1.89. The quantitative estimate of drug-likeness (QED) is 0.750. The maximum absolute atomic E-state index is 11.8. The zero-order valence-electron chi connectivity index (χ0n) is 11.1. The van der Waals surface area contributed by atoms with E-state index in [1.807, 2.05) is 4.57 Å². The summed E-state index contributed by atoms with van der Waals surface area (Å²) in [6.45, 7) is 4.95. The molecule has 0 N–H and O–H groups in total. The van der Waals surface area contributed by atoms with Crippen molar-refractivity contribution in [2.45, 2.75) is 26.8 Å². The van der Waals surface area contributed by atoms with Crippen molar-refractivity contribution in [2.75, 3.05) is 14.2 Å². The van der Waals surface area contributed by atoms with Crippen LogP contribution in [0.2, 0.25) is 0 Å². The fourth-order valence-corrected chi connectivity index (χ4v) is 2.49. The summed E-state index contributed by atoms with van der Waals surface area (Å²) >= 11 is 0. The van der Waals surface area contributed by atoms with Crippen LogP contribution in [0.5, 0.6) is 0 Å². The second-order valence-corrected chi connectivity index (χ2v) is 5.31. The number of carbonyl (C=O) groups excluding carboxylic acids is 2. The molecule has 0 aliphatic carbocycles. The van der Waals surface area contributed by atoms with Crippen molar-refractivity contribution in [3.63, 3.8) is 0 Å². The Hall–Kier alpha value is -1.78. The van der Waals surface area contributed by atoms with E-state index in [1.165, 1.54) is 14.2 Å². The molecular weight excluding hydrogens is 234 g/mol. The number of ether oxygens (including phenoxy) is 2. The van der Waals surface area contributed by atoms with Crippen molar-refractivity contribution >= 4 is 11.9 Å². The van der Waals surface area contributed by atoms with Gasteiger partial charge in [-0.2, -0.15) is 0 Å². The number of esters is 2. The molecule has 5 nitrogen and oxygen atoms in total. The van der Waals surface area contributed by atoms with Crippen molar-refractivity contribution in [2.24, 2.45) is 5.41 Å². The lowest BCUT2D eigenvalue weighted by Gasteiger charge is -2.16. The van der Waals surface area contributed by atoms with Crippen LogP contribution in [-0.4, -0.2) is 30.7 Å². The number of methoxy groups -OCH3 is 2. The van der Waals surface area contributed by atoms with Gasteiger partial charge in [0.2, 0.25) is 0 Å². The molecule has 0 radical (unpaired) electrons. The van der Waals surface area contributed by atoms with Crippen LogP contribution in [0.4, 0.5) is 0 Å². The molecule has 1 aromatic heterocycles. The van der Waals surface area contributed by atoms with Crippen LogP contribution < -0.4 is 0 Å². The highest BCUT2D eigenvalue weighted by Gasteiger charge is 2.35. The van der Waals surface area contributed by atoms with Gasteiger partial charge in [-0.05, 0) is 17.9 Å². The predicted molar refractivity (Wildman–Crippen MR) is 64.6 cm³/mol. The summed E-state index contributed by atoms with van der Waals surface area (Å²) in [4.78, 5) is 23.5. The number of fused-ring (bicyclic) bond motifs is 1. The molecule has 1 aromatic rings. The minimum absolute atomic E-state index is 0.0900. The van der Waals surface area contributed by atoms with E-state index in [1.54, 1.807) is 6.07 Å². The smallest absolute Gasteiger partial charge is 0.355 e. The fourth-order valence-electron chi connectivity index (χ4n) is 2.49. The number of hydrogen-bond donors (Lipinski definition) is 0. The highest BCUT2D eigenvalue weighted by Crippen LogP contribution is 2.35. The summed E-state index contributed by atoms with van der Waals surface area (Å²) < 4.78 is 11.3. The van der Waals surface area contributed by atoms with Gasteiger partial charge in [0, 0.05) is 12.2 Å². The van der Waals surface area contributed by atoms with Crippen LogP contribution in [0.3, 0.4) is 0 Å². The first-order chi connectivity index (χ1) is 8.39. The topological polar surface area (TPSA) is 57.5 Å². The fraction of sp³-hybridized carbons (Fsp3) is 0.538. The van der Waals surface area contributed by atoms with Gasteiger partial charge in [0.1, 0.15) is 5.69 Å². The van der Waals surface area contributed by atoms with E-state index in [4.69, 9.17) is 9.47 Å². The average molecular weight is 251 g/mol. The van der Waals surface area contributed by atoms with Gasteiger partial charge in [0.25, 0.3) is 0 Å². The number of nitrogens with zero attached hydrogens (tertiary/aromatic N) is 1. The normalized spacial score (nSPS) is 16.2. The average Bonchev–Trinajstić information content (AvgIpc) is 2.78. The Morgan fingerprint density at radius 3 is 2.39 bits per heavy atom. The van der Waals surface area contributed by atoms with Gasteiger partial charge >= 0.3 is 11.9 Å². The summed E-state index contributed by atoms with van der Waals surface area (Å²) in [6.07, 6.45) is 0.827. The molecule has 0 spiro atoms. The first kappa shape index (κ1) is 12.7. The maximum Gasteiger partial charge on any atom is 0.355 e. The Bertz CT molecular complexity index is 513. The van der Waals surface area contributed by atoms with E-state index < -0.39 is 11.9 Å². The van der Waals surface area contributed by atoms with Crippen LogP contribution in [0, 0.1) is 5.41 Å². The molecule has 2 heterocycles. The highest BCUT2D eigenvalue weighted by atomic mass is 16.5. The number of hydrogen-bond acceptors (Lipinski definition) is 4. The molecule has 0 fully saturated rings. The van der Waals surface area contributed by atoms with E-state index in [-0.39, 0.29) is 11.0 Å². The molecule has 0 amide bonds. The van der Waals surface area contributed by atoms with Gasteiger partial charge in [0.05, 0.1) is 19.8 Å². The standard InChI is InChI=1S/C13H17NO4/c1-13(2)6-8-5-9(11(15)17-3)10(12(16)18-4)14(8)7-13/h5H,6-7H2,1-4H3. The van der Waals surface area contributed by atoms with E-state index >= 15 is 0 Å². The van der Waals surface area contributed by atoms with E-state index in [2.05, 4.69) is 13.8 Å². The SMILES string of the molecule is COC(=O)c1cc2n(c1C(=O)OC)CC(C)(C)C2. The summed E-state index contributed by atoms with van der Waals surface area (Å²) in [7, 11) is 2.61. The Kier molecular flexibility index (Phi) is 2.92. The predicted octanol–water partition coefficient (Wildman–Crippen LogP) is 1.64. The highest BCUT2D eigenvalue weighted by molar-refractivity contribution is 6.02. The Balaban J connectivity index is 2.53. The van der Waals surface area contributed by atoms with Gasteiger partial charge in [-0.3, -0.25) is 0 Å². The molecule has 18 heavy (non-hydrogen) atoms. The van der Waals surface area contributed by atoms with Crippen molar-refractivity contribution in [1.82, 2.24) is 4.57 Å². The summed E-state index contributed by atoms with van der Waals surface area (Å²) in [5.74, 6) is -1.01. The largest absolute Gasteiger partial charge is 0.465 e. The molecule has 1 aliphatic heterocycles. The van der Waals surface area contributed by atoms with E-state index in [0.29, 0.717) is 12.2 Å². The third-order valence-corrected chi connectivity index (χ3v) is 3.21. The number of aromatic nitrogens is 1. The summed E-state index contributed by atoms with van der Waals surface area (Å²) in [5.41, 5.74) is 1.65. The lowest BCUT2D eigenvalue weighted by Crippen LogP contribution is -2.19. The molecule has 0 atom stereocenters. The zero-order valence-corrected chi connectivity index (χ0v) is 11.1. The van der Waals surface area contributed by atoms with Crippen LogP contribution in [0.25, 0.3) is 0 Å². The van der Waals surface area contributed by atoms with Crippen molar-refractivity contribution in [3.05, 3.63) is 23.0 Å². The lowest BCUT2D eigenvalue weighted by molar-refractivity contribution is 0.0546. The molecule has 5 heteroatoms. The van der Waals surface area contributed by atoms with Crippen LogP contribution in [0.1, 0.15) is 40.4 Å².